The molecule has 0 fully saturated rings. The number of halogens is 2. The van der Waals surface area contributed by atoms with Crippen molar-refractivity contribution in [2.75, 3.05) is 6.61 Å². The molecule has 3 nitrogen and oxygen atoms in total. The van der Waals surface area contributed by atoms with Crippen LogP contribution in [0.2, 0.25) is 0 Å². The average molecular weight is 415 g/mol. The average Bonchev–Trinajstić information content (AvgIpc) is 2.62. The first kappa shape index (κ1) is 18.1. The van der Waals surface area contributed by atoms with Gasteiger partial charge in [0.1, 0.15) is 17.1 Å². The highest BCUT2D eigenvalue weighted by atomic mass is 79.9. The monoisotopic (exact) mass is 414 g/mol. The van der Waals surface area contributed by atoms with Crippen molar-refractivity contribution in [3.8, 4) is 28.0 Å². The van der Waals surface area contributed by atoms with E-state index >= 15 is 0 Å². The number of hydrogen-bond acceptors (Lipinski definition) is 3. The fraction of sp³-hybridized carbons (Fsp3) is 0.0952. The Morgan fingerprint density at radius 3 is 2.23 bits per heavy atom. The molecule has 0 unspecified atom stereocenters. The van der Waals surface area contributed by atoms with E-state index in [9.17, 15) is 14.3 Å². The van der Waals surface area contributed by atoms with E-state index in [1.807, 2.05) is 24.3 Å². The van der Waals surface area contributed by atoms with Gasteiger partial charge in [-0.25, -0.2) is 9.18 Å². The largest absolute Gasteiger partial charge is 0.507 e. The smallest absolute Gasteiger partial charge is 0.342 e. The van der Waals surface area contributed by atoms with E-state index in [-0.39, 0.29) is 23.7 Å². The lowest BCUT2D eigenvalue weighted by molar-refractivity contribution is 0.0524. The second-order valence-electron chi connectivity index (χ2n) is 5.65. The standard InChI is InChI=1S/C21H16BrFO3/c1-2-26-21(25)20-18(14-3-7-16(22)8-4-14)11-15(12-19(20)24)13-5-9-17(23)10-6-13/h3-12,24H,2H2,1H3. The van der Waals surface area contributed by atoms with Crippen molar-refractivity contribution in [3.05, 3.63) is 76.5 Å². The molecule has 0 radical (unpaired) electrons. The third kappa shape index (κ3) is 3.78. The Morgan fingerprint density at radius 1 is 1.00 bits per heavy atom. The molecule has 3 rings (SSSR count). The van der Waals surface area contributed by atoms with E-state index in [4.69, 9.17) is 4.74 Å². The van der Waals surface area contributed by atoms with Gasteiger partial charge in [0.05, 0.1) is 6.61 Å². The Hall–Kier alpha value is -2.66. The van der Waals surface area contributed by atoms with Gasteiger partial charge in [-0.15, -0.1) is 0 Å². The van der Waals surface area contributed by atoms with Crippen LogP contribution < -0.4 is 0 Å². The van der Waals surface area contributed by atoms with Gasteiger partial charge in [-0.3, -0.25) is 0 Å². The quantitative estimate of drug-likeness (QED) is 0.548. The molecule has 0 aromatic heterocycles. The molecule has 0 aliphatic carbocycles. The van der Waals surface area contributed by atoms with Crippen LogP contribution in [0.4, 0.5) is 4.39 Å². The highest BCUT2D eigenvalue weighted by Gasteiger charge is 2.20. The first-order chi connectivity index (χ1) is 12.5. The van der Waals surface area contributed by atoms with E-state index in [1.54, 1.807) is 25.1 Å². The molecule has 26 heavy (non-hydrogen) atoms. The minimum atomic E-state index is -0.589. The lowest BCUT2D eigenvalue weighted by Gasteiger charge is -2.14. The molecule has 5 heteroatoms. The molecular weight excluding hydrogens is 399 g/mol. The maximum atomic E-state index is 13.2. The van der Waals surface area contributed by atoms with Crippen molar-refractivity contribution in [2.45, 2.75) is 6.92 Å². The maximum absolute atomic E-state index is 13.2. The minimum Gasteiger partial charge on any atom is -0.507 e. The van der Waals surface area contributed by atoms with Gasteiger partial charge in [-0.05, 0) is 60.0 Å². The molecule has 0 heterocycles. The molecule has 3 aromatic carbocycles. The van der Waals surface area contributed by atoms with Gasteiger partial charge in [-0.1, -0.05) is 40.2 Å². The van der Waals surface area contributed by atoms with Gasteiger partial charge in [0.25, 0.3) is 0 Å². The summed E-state index contributed by atoms with van der Waals surface area (Å²) in [5.41, 5.74) is 2.83. The number of carbonyl (C=O) groups is 1. The van der Waals surface area contributed by atoms with E-state index in [0.29, 0.717) is 11.1 Å². The summed E-state index contributed by atoms with van der Waals surface area (Å²) in [6.07, 6.45) is 0. The van der Waals surface area contributed by atoms with E-state index < -0.39 is 5.97 Å². The molecule has 0 saturated heterocycles. The zero-order chi connectivity index (χ0) is 18.7. The zero-order valence-electron chi connectivity index (χ0n) is 14.0. The number of rotatable bonds is 4. The van der Waals surface area contributed by atoms with Gasteiger partial charge in [0.2, 0.25) is 0 Å². The van der Waals surface area contributed by atoms with Gasteiger partial charge >= 0.3 is 5.97 Å². The predicted octanol–water partition coefficient (Wildman–Crippen LogP) is 5.80. The summed E-state index contributed by atoms with van der Waals surface area (Å²) in [4.78, 5) is 12.4. The number of esters is 1. The highest BCUT2D eigenvalue weighted by Crippen LogP contribution is 2.36. The third-order valence-corrected chi connectivity index (χ3v) is 4.46. The number of phenolic OH excluding ortho intramolecular Hbond substituents is 1. The van der Waals surface area contributed by atoms with Crippen LogP contribution in [0.1, 0.15) is 17.3 Å². The number of phenols is 1. The fourth-order valence-corrected chi connectivity index (χ4v) is 2.98. The molecule has 0 spiro atoms. The summed E-state index contributed by atoms with van der Waals surface area (Å²) in [5.74, 6) is -1.11. The van der Waals surface area contributed by atoms with E-state index in [1.165, 1.54) is 18.2 Å². The Bertz CT molecular complexity index is 935. The van der Waals surface area contributed by atoms with Crippen LogP contribution in [-0.4, -0.2) is 17.7 Å². The number of hydrogen-bond donors (Lipinski definition) is 1. The number of benzene rings is 3. The van der Waals surface area contributed by atoms with E-state index in [2.05, 4.69) is 15.9 Å². The lowest BCUT2D eigenvalue weighted by atomic mass is 9.93. The SMILES string of the molecule is CCOC(=O)c1c(O)cc(-c2ccc(F)cc2)cc1-c1ccc(Br)cc1. The summed E-state index contributed by atoms with van der Waals surface area (Å²) in [7, 11) is 0. The Morgan fingerprint density at radius 2 is 1.62 bits per heavy atom. The molecule has 0 aliphatic heterocycles. The molecule has 0 aliphatic rings. The second kappa shape index (κ2) is 7.70. The van der Waals surface area contributed by atoms with Crippen LogP contribution >= 0.6 is 15.9 Å². The van der Waals surface area contributed by atoms with Crippen LogP contribution in [0.3, 0.4) is 0 Å². The lowest BCUT2D eigenvalue weighted by Crippen LogP contribution is -2.07. The molecule has 0 atom stereocenters. The molecule has 132 valence electrons. The number of aromatic hydroxyl groups is 1. The zero-order valence-corrected chi connectivity index (χ0v) is 15.6. The van der Waals surface area contributed by atoms with Crippen molar-refractivity contribution in [3.63, 3.8) is 0 Å². The second-order valence-corrected chi connectivity index (χ2v) is 6.57. The number of ether oxygens (including phenoxy) is 1. The van der Waals surface area contributed by atoms with Gasteiger partial charge < -0.3 is 9.84 Å². The summed E-state index contributed by atoms with van der Waals surface area (Å²) in [5, 5.41) is 10.5. The van der Waals surface area contributed by atoms with Crippen molar-refractivity contribution < 1.29 is 19.0 Å². The number of carbonyl (C=O) groups excluding carboxylic acids is 1. The van der Waals surface area contributed by atoms with Crippen molar-refractivity contribution in [2.24, 2.45) is 0 Å². The summed E-state index contributed by atoms with van der Waals surface area (Å²) in [6.45, 7) is 1.92. The Kier molecular flexibility index (Phi) is 5.38. The first-order valence-electron chi connectivity index (χ1n) is 8.05. The maximum Gasteiger partial charge on any atom is 0.342 e. The predicted molar refractivity (Wildman–Crippen MR) is 103 cm³/mol. The van der Waals surface area contributed by atoms with Crippen molar-refractivity contribution >= 4 is 21.9 Å². The first-order valence-corrected chi connectivity index (χ1v) is 8.85. The summed E-state index contributed by atoms with van der Waals surface area (Å²) < 4.78 is 19.2. The normalized spacial score (nSPS) is 10.6. The van der Waals surface area contributed by atoms with E-state index in [0.717, 1.165) is 15.6 Å². The van der Waals surface area contributed by atoms with Gasteiger partial charge in [-0.2, -0.15) is 0 Å². The molecule has 0 bridgehead atoms. The fourth-order valence-electron chi connectivity index (χ4n) is 2.71. The summed E-state index contributed by atoms with van der Waals surface area (Å²) >= 11 is 3.39. The van der Waals surface area contributed by atoms with Crippen LogP contribution in [0.15, 0.2) is 65.1 Å². The van der Waals surface area contributed by atoms with Crippen molar-refractivity contribution in [1.29, 1.82) is 0 Å². The molecule has 0 saturated carbocycles. The van der Waals surface area contributed by atoms with Gasteiger partial charge in [0.15, 0.2) is 0 Å². The van der Waals surface area contributed by atoms with Crippen LogP contribution in [0.25, 0.3) is 22.3 Å². The Labute approximate surface area is 159 Å². The molecular formula is C21H16BrFO3. The van der Waals surface area contributed by atoms with Crippen LogP contribution in [0, 0.1) is 5.82 Å². The minimum absolute atomic E-state index is 0.111. The summed E-state index contributed by atoms with van der Waals surface area (Å²) in [6, 6.07) is 16.6. The molecule has 1 N–H and O–H groups in total. The highest BCUT2D eigenvalue weighted by molar-refractivity contribution is 9.10. The Balaban J connectivity index is 2.20. The molecule has 3 aromatic rings. The topological polar surface area (TPSA) is 46.5 Å². The third-order valence-electron chi connectivity index (χ3n) is 3.93. The van der Waals surface area contributed by atoms with Crippen LogP contribution in [-0.2, 0) is 4.74 Å². The molecule has 0 amide bonds. The van der Waals surface area contributed by atoms with Crippen LogP contribution in [0.5, 0.6) is 5.75 Å². The van der Waals surface area contributed by atoms with Gasteiger partial charge in [0, 0.05) is 10.0 Å². The van der Waals surface area contributed by atoms with Crippen molar-refractivity contribution in [1.82, 2.24) is 0 Å².